The first-order valence-corrected chi connectivity index (χ1v) is 5.65. The summed E-state index contributed by atoms with van der Waals surface area (Å²) in [5, 5.41) is 8.62. The summed E-state index contributed by atoms with van der Waals surface area (Å²) < 4.78 is 15.8. The largest absolute Gasteiger partial charge is 0.464 e. The molecule has 7 heteroatoms. The SMILES string of the molecule is CC(C)(C)S(=O)N=Cc1cn(C(=O)O)cn1. The third-order valence-electron chi connectivity index (χ3n) is 1.63. The van der Waals surface area contributed by atoms with Gasteiger partial charge in [-0.1, -0.05) is 0 Å². The average Bonchev–Trinajstić information content (AvgIpc) is 2.60. The van der Waals surface area contributed by atoms with Crippen molar-refractivity contribution in [2.45, 2.75) is 25.5 Å². The van der Waals surface area contributed by atoms with Crippen LogP contribution < -0.4 is 0 Å². The summed E-state index contributed by atoms with van der Waals surface area (Å²) in [6, 6.07) is 0. The monoisotopic (exact) mass is 243 g/mol. The van der Waals surface area contributed by atoms with E-state index in [2.05, 4.69) is 9.38 Å². The van der Waals surface area contributed by atoms with Crippen LogP contribution in [0.25, 0.3) is 0 Å². The minimum Gasteiger partial charge on any atom is -0.464 e. The summed E-state index contributed by atoms with van der Waals surface area (Å²) in [4.78, 5) is 14.3. The van der Waals surface area contributed by atoms with E-state index in [1.165, 1.54) is 12.4 Å². The second-order valence-corrected chi connectivity index (χ2v) is 6.02. The normalized spacial score (nSPS) is 14.2. The minimum atomic E-state index is -1.37. The molecule has 0 saturated carbocycles. The molecule has 0 fully saturated rings. The summed E-state index contributed by atoms with van der Waals surface area (Å²) in [6.07, 6.45) is 2.64. The number of hydrogen-bond donors (Lipinski definition) is 1. The summed E-state index contributed by atoms with van der Waals surface area (Å²) in [7, 11) is -1.37. The molecule has 1 heterocycles. The first kappa shape index (κ1) is 12.6. The number of aromatic nitrogens is 2. The van der Waals surface area contributed by atoms with E-state index in [1.807, 2.05) is 0 Å². The smallest absolute Gasteiger partial charge is 0.416 e. The Hall–Kier alpha value is -1.50. The summed E-state index contributed by atoms with van der Waals surface area (Å²) in [6.45, 7) is 5.41. The third-order valence-corrected chi connectivity index (χ3v) is 2.97. The summed E-state index contributed by atoms with van der Waals surface area (Å²) in [5.41, 5.74) is 0.361. The molecule has 1 unspecified atom stereocenters. The van der Waals surface area contributed by atoms with Crippen LogP contribution >= 0.6 is 0 Å². The molecule has 1 rings (SSSR count). The van der Waals surface area contributed by atoms with E-state index in [0.29, 0.717) is 5.69 Å². The van der Waals surface area contributed by atoms with E-state index in [0.717, 1.165) is 10.9 Å². The summed E-state index contributed by atoms with van der Waals surface area (Å²) >= 11 is 0. The highest BCUT2D eigenvalue weighted by Crippen LogP contribution is 2.11. The van der Waals surface area contributed by atoms with Gasteiger partial charge in [-0.3, -0.25) is 0 Å². The Bertz CT molecular complexity index is 445. The minimum absolute atomic E-state index is 0.361. The van der Waals surface area contributed by atoms with Gasteiger partial charge in [0.1, 0.15) is 23.0 Å². The van der Waals surface area contributed by atoms with Crippen molar-refractivity contribution in [1.29, 1.82) is 0 Å². The lowest BCUT2D eigenvalue weighted by atomic mass is 10.3. The lowest BCUT2D eigenvalue weighted by molar-refractivity contribution is 0.196. The molecule has 0 aliphatic carbocycles. The highest BCUT2D eigenvalue weighted by atomic mass is 32.2. The number of imidazole rings is 1. The zero-order valence-electron chi connectivity index (χ0n) is 9.25. The maximum absolute atomic E-state index is 11.5. The molecule has 0 aliphatic heterocycles. The van der Waals surface area contributed by atoms with Crippen molar-refractivity contribution in [2.75, 3.05) is 0 Å². The predicted octanol–water partition coefficient (Wildman–Crippen LogP) is 1.29. The van der Waals surface area contributed by atoms with Gasteiger partial charge in [0.15, 0.2) is 0 Å². The Balaban J connectivity index is 2.77. The lowest BCUT2D eigenvalue weighted by Crippen LogP contribution is -2.19. The summed E-state index contributed by atoms with van der Waals surface area (Å²) in [5.74, 6) is 0. The number of carboxylic acid groups (broad SMARTS) is 1. The van der Waals surface area contributed by atoms with Crippen molar-refractivity contribution in [3.63, 3.8) is 0 Å². The molecule has 16 heavy (non-hydrogen) atoms. The molecule has 88 valence electrons. The van der Waals surface area contributed by atoms with Gasteiger partial charge >= 0.3 is 6.09 Å². The second-order valence-electron chi connectivity index (χ2n) is 4.08. The fourth-order valence-corrected chi connectivity index (χ4v) is 1.29. The van der Waals surface area contributed by atoms with Crippen LogP contribution in [0.15, 0.2) is 16.9 Å². The molecule has 0 bridgehead atoms. The molecule has 0 amide bonds. The Labute approximate surface area is 95.6 Å². The van der Waals surface area contributed by atoms with Crippen LogP contribution in [-0.2, 0) is 11.0 Å². The first-order chi connectivity index (χ1) is 7.30. The predicted molar refractivity (Wildman–Crippen MR) is 61.1 cm³/mol. The van der Waals surface area contributed by atoms with Crippen molar-refractivity contribution >= 4 is 23.3 Å². The Morgan fingerprint density at radius 2 is 2.25 bits per heavy atom. The van der Waals surface area contributed by atoms with Crippen molar-refractivity contribution in [3.8, 4) is 0 Å². The molecule has 0 aliphatic rings. The van der Waals surface area contributed by atoms with Crippen molar-refractivity contribution in [1.82, 2.24) is 9.55 Å². The van der Waals surface area contributed by atoms with Crippen LogP contribution in [0.2, 0.25) is 0 Å². The fourth-order valence-electron chi connectivity index (χ4n) is 0.769. The van der Waals surface area contributed by atoms with Crippen molar-refractivity contribution < 1.29 is 14.1 Å². The zero-order valence-corrected chi connectivity index (χ0v) is 10.1. The van der Waals surface area contributed by atoms with Crippen LogP contribution in [-0.4, -0.2) is 35.9 Å². The number of hydrogen-bond acceptors (Lipinski definition) is 3. The van der Waals surface area contributed by atoms with Gasteiger partial charge in [-0.15, -0.1) is 0 Å². The third kappa shape index (κ3) is 3.27. The molecule has 1 N–H and O–H groups in total. The van der Waals surface area contributed by atoms with Crippen LogP contribution in [0.1, 0.15) is 26.5 Å². The fraction of sp³-hybridized carbons (Fsp3) is 0.444. The van der Waals surface area contributed by atoms with Crippen LogP contribution in [0.4, 0.5) is 4.79 Å². The van der Waals surface area contributed by atoms with E-state index in [9.17, 15) is 9.00 Å². The van der Waals surface area contributed by atoms with Crippen molar-refractivity contribution in [3.05, 3.63) is 18.2 Å². The topological polar surface area (TPSA) is 84.5 Å². The van der Waals surface area contributed by atoms with Crippen LogP contribution in [0.3, 0.4) is 0 Å². The molecule has 0 spiro atoms. The Morgan fingerprint density at radius 3 is 2.69 bits per heavy atom. The van der Waals surface area contributed by atoms with Gasteiger partial charge in [0.05, 0.1) is 11.0 Å². The zero-order chi connectivity index (χ0) is 12.3. The van der Waals surface area contributed by atoms with E-state index < -0.39 is 21.8 Å². The maximum Gasteiger partial charge on any atom is 0.416 e. The van der Waals surface area contributed by atoms with Gasteiger partial charge in [-0.2, -0.15) is 4.40 Å². The highest BCUT2D eigenvalue weighted by Gasteiger charge is 2.18. The van der Waals surface area contributed by atoms with Gasteiger partial charge in [0.25, 0.3) is 0 Å². The van der Waals surface area contributed by atoms with E-state index in [-0.39, 0.29) is 0 Å². The van der Waals surface area contributed by atoms with Gasteiger partial charge in [-0.25, -0.2) is 18.6 Å². The van der Waals surface area contributed by atoms with Gasteiger partial charge in [0.2, 0.25) is 0 Å². The first-order valence-electron chi connectivity index (χ1n) is 4.54. The molecular weight excluding hydrogens is 230 g/mol. The van der Waals surface area contributed by atoms with Gasteiger partial charge < -0.3 is 5.11 Å². The number of rotatable bonds is 2. The lowest BCUT2D eigenvalue weighted by Gasteiger charge is -2.12. The van der Waals surface area contributed by atoms with Gasteiger partial charge in [0, 0.05) is 6.20 Å². The highest BCUT2D eigenvalue weighted by molar-refractivity contribution is 7.85. The molecule has 0 radical (unpaired) electrons. The molecule has 1 atom stereocenters. The molecule has 0 aromatic carbocycles. The van der Waals surface area contributed by atoms with Crippen LogP contribution in [0, 0.1) is 0 Å². The van der Waals surface area contributed by atoms with Crippen molar-refractivity contribution in [2.24, 2.45) is 4.40 Å². The van der Waals surface area contributed by atoms with E-state index in [1.54, 1.807) is 20.8 Å². The van der Waals surface area contributed by atoms with E-state index in [4.69, 9.17) is 5.11 Å². The number of nitrogens with zero attached hydrogens (tertiary/aromatic N) is 3. The molecular formula is C9H13N3O3S. The van der Waals surface area contributed by atoms with Crippen LogP contribution in [0.5, 0.6) is 0 Å². The van der Waals surface area contributed by atoms with E-state index >= 15 is 0 Å². The Kier molecular flexibility index (Phi) is 3.58. The molecule has 6 nitrogen and oxygen atoms in total. The standard InChI is InChI=1S/C9H13N3O3S/c1-9(2,3)16(15)11-4-7-5-12(6-10-7)8(13)14/h4-6H,1-3H3,(H,13,14). The maximum atomic E-state index is 11.5. The number of carbonyl (C=O) groups is 1. The molecule has 1 aromatic heterocycles. The Morgan fingerprint density at radius 1 is 1.62 bits per heavy atom. The van der Waals surface area contributed by atoms with Gasteiger partial charge in [-0.05, 0) is 20.8 Å². The second kappa shape index (κ2) is 4.56. The quantitative estimate of drug-likeness (QED) is 0.793. The molecule has 0 saturated heterocycles. The molecule has 1 aromatic rings. The average molecular weight is 243 g/mol.